The van der Waals surface area contributed by atoms with E-state index in [0.717, 1.165) is 12.8 Å². The summed E-state index contributed by atoms with van der Waals surface area (Å²) in [6, 6.07) is 0.680. The molecular formula is C17H30ClN5O3. The van der Waals surface area contributed by atoms with E-state index < -0.39 is 12.1 Å². The second-order valence-electron chi connectivity index (χ2n) is 7.61. The molecule has 1 saturated heterocycles. The Balaban J connectivity index is 0.00000338. The number of urea groups is 1. The molecule has 3 N–H and O–H groups in total. The summed E-state index contributed by atoms with van der Waals surface area (Å²) in [4.78, 5) is 25.1. The average Bonchev–Trinajstić information content (AvgIpc) is 3.21. The summed E-state index contributed by atoms with van der Waals surface area (Å²) in [6.45, 7) is 10.9. The van der Waals surface area contributed by atoms with Crippen molar-refractivity contribution in [2.75, 3.05) is 18.4 Å². The predicted molar refractivity (Wildman–Crippen MR) is 102 cm³/mol. The fourth-order valence-electron chi connectivity index (χ4n) is 2.58. The Morgan fingerprint density at radius 3 is 2.50 bits per heavy atom. The van der Waals surface area contributed by atoms with Gasteiger partial charge in [0, 0.05) is 24.6 Å². The zero-order chi connectivity index (χ0) is 18.8. The number of hydrazine groups is 1. The Morgan fingerprint density at radius 2 is 1.96 bits per heavy atom. The van der Waals surface area contributed by atoms with Crippen LogP contribution >= 0.6 is 12.4 Å². The van der Waals surface area contributed by atoms with Gasteiger partial charge in [0.1, 0.15) is 5.76 Å². The number of hydrogen-bond donors (Lipinski definition) is 2. The molecule has 2 atom stereocenters. The SMILES string of the molecule is CCC(C)C(N)C(=O)N1CCCN1C(=O)Nc1cc(C(C)(C)C)on1.Cl. The zero-order valence-corrected chi connectivity index (χ0v) is 16.9. The monoisotopic (exact) mass is 387 g/mol. The number of nitrogens with one attached hydrogen (secondary N) is 1. The van der Waals surface area contributed by atoms with Gasteiger partial charge in [-0.2, -0.15) is 0 Å². The van der Waals surface area contributed by atoms with E-state index in [-0.39, 0.29) is 29.6 Å². The summed E-state index contributed by atoms with van der Waals surface area (Å²) >= 11 is 0. The summed E-state index contributed by atoms with van der Waals surface area (Å²) in [5, 5.41) is 9.41. The minimum Gasteiger partial charge on any atom is -0.359 e. The van der Waals surface area contributed by atoms with Crippen molar-refractivity contribution in [2.45, 2.75) is 58.9 Å². The van der Waals surface area contributed by atoms with Gasteiger partial charge >= 0.3 is 6.03 Å². The lowest BCUT2D eigenvalue weighted by molar-refractivity contribution is -0.142. The Labute approximate surface area is 160 Å². The van der Waals surface area contributed by atoms with Gasteiger partial charge in [-0.15, -0.1) is 12.4 Å². The van der Waals surface area contributed by atoms with E-state index >= 15 is 0 Å². The quantitative estimate of drug-likeness (QED) is 0.826. The number of halogens is 1. The van der Waals surface area contributed by atoms with Crippen LogP contribution in [0.3, 0.4) is 0 Å². The molecule has 0 bridgehead atoms. The van der Waals surface area contributed by atoms with Crippen LogP contribution in [0.25, 0.3) is 0 Å². The molecule has 148 valence electrons. The summed E-state index contributed by atoms with van der Waals surface area (Å²) in [5.74, 6) is 0.844. The van der Waals surface area contributed by atoms with Gasteiger partial charge in [0.25, 0.3) is 5.91 Å². The van der Waals surface area contributed by atoms with Crippen LogP contribution in [0.15, 0.2) is 10.6 Å². The van der Waals surface area contributed by atoms with Gasteiger partial charge in [-0.1, -0.05) is 46.2 Å². The normalized spacial score (nSPS) is 16.8. The number of nitrogens with two attached hydrogens (primary N) is 1. The lowest BCUT2D eigenvalue weighted by Crippen LogP contribution is -2.53. The van der Waals surface area contributed by atoms with Crippen LogP contribution in [0.4, 0.5) is 10.6 Å². The molecule has 0 aromatic carbocycles. The molecule has 26 heavy (non-hydrogen) atoms. The minimum atomic E-state index is -0.613. The number of hydrogen-bond acceptors (Lipinski definition) is 5. The van der Waals surface area contributed by atoms with Crippen molar-refractivity contribution >= 4 is 30.2 Å². The van der Waals surface area contributed by atoms with Crippen molar-refractivity contribution in [3.63, 3.8) is 0 Å². The van der Waals surface area contributed by atoms with Crippen LogP contribution in [0, 0.1) is 5.92 Å². The maximum absolute atomic E-state index is 12.6. The van der Waals surface area contributed by atoms with Crippen molar-refractivity contribution < 1.29 is 14.1 Å². The lowest BCUT2D eigenvalue weighted by Gasteiger charge is -2.31. The second-order valence-corrected chi connectivity index (χ2v) is 7.61. The fraction of sp³-hybridized carbons (Fsp3) is 0.706. The van der Waals surface area contributed by atoms with Gasteiger partial charge in [-0.25, -0.2) is 14.8 Å². The molecule has 3 amide bonds. The summed E-state index contributed by atoms with van der Waals surface area (Å²) < 4.78 is 5.27. The molecule has 2 unspecified atom stereocenters. The Bertz CT molecular complexity index is 628. The second kappa shape index (κ2) is 8.73. The van der Waals surface area contributed by atoms with E-state index in [0.29, 0.717) is 24.7 Å². The molecule has 2 heterocycles. The van der Waals surface area contributed by atoms with E-state index in [4.69, 9.17) is 10.3 Å². The van der Waals surface area contributed by atoms with Crippen molar-refractivity contribution in [3.8, 4) is 0 Å². The maximum atomic E-state index is 12.6. The van der Waals surface area contributed by atoms with Crippen LogP contribution in [0.1, 0.15) is 53.2 Å². The van der Waals surface area contributed by atoms with Crippen molar-refractivity contribution in [2.24, 2.45) is 11.7 Å². The first kappa shape index (κ1) is 22.2. The van der Waals surface area contributed by atoms with Gasteiger partial charge in [0.2, 0.25) is 0 Å². The Kier molecular flexibility index (Phi) is 7.46. The average molecular weight is 388 g/mol. The molecule has 0 saturated carbocycles. The van der Waals surface area contributed by atoms with E-state index in [9.17, 15) is 9.59 Å². The highest BCUT2D eigenvalue weighted by atomic mass is 35.5. The largest absolute Gasteiger partial charge is 0.359 e. The molecule has 1 aromatic rings. The smallest absolute Gasteiger partial charge is 0.341 e. The highest BCUT2D eigenvalue weighted by molar-refractivity contribution is 5.91. The number of nitrogens with zero attached hydrogens (tertiary/aromatic N) is 3. The molecule has 1 aromatic heterocycles. The van der Waals surface area contributed by atoms with Gasteiger partial charge < -0.3 is 10.3 Å². The van der Waals surface area contributed by atoms with Gasteiger partial charge in [-0.3, -0.25) is 10.1 Å². The van der Waals surface area contributed by atoms with Gasteiger partial charge in [0.05, 0.1) is 6.04 Å². The van der Waals surface area contributed by atoms with Gasteiger partial charge in [0.15, 0.2) is 5.82 Å². The molecule has 1 aliphatic heterocycles. The molecule has 0 spiro atoms. The van der Waals surface area contributed by atoms with Crippen molar-refractivity contribution in [3.05, 3.63) is 11.8 Å². The third kappa shape index (κ3) is 4.88. The molecule has 0 aliphatic carbocycles. The molecule has 0 radical (unpaired) electrons. The van der Waals surface area contributed by atoms with E-state index in [1.54, 1.807) is 6.07 Å². The van der Waals surface area contributed by atoms with E-state index in [2.05, 4.69) is 10.5 Å². The lowest BCUT2D eigenvalue weighted by atomic mass is 9.93. The number of carbonyl (C=O) groups is 2. The fourth-order valence-corrected chi connectivity index (χ4v) is 2.58. The van der Waals surface area contributed by atoms with Gasteiger partial charge in [-0.05, 0) is 12.3 Å². The third-order valence-corrected chi connectivity index (χ3v) is 4.55. The van der Waals surface area contributed by atoms with Crippen LogP contribution in [0.2, 0.25) is 0 Å². The molecular weight excluding hydrogens is 358 g/mol. The number of carbonyl (C=O) groups excluding carboxylic acids is 2. The first-order valence-electron chi connectivity index (χ1n) is 8.77. The van der Waals surface area contributed by atoms with Crippen LogP contribution in [0.5, 0.6) is 0 Å². The number of rotatable bonds is 4. The molecule has 2 rings (SSSR count). The summed E-state index contributed by atoms with van der Waals surface area (Å²) in [5.41, 5.74) is 5.84. The standard InChI is InChI=1S/C17H29N5O3.ClH/c1-6-11(2)14(18)15(23)21-8-7-9-22(21)16(24)19-13-10-12(25-20-13)17(3,4)5;/h10-11,14H,6-9,18H2,1-5H3,(H,19,20,24);1H. The number of aromatic nitrogens is 1. The van der Waals surface area contributed by atoms with Crippen LogP contribution < -0.4 is 11.1 Å². The predicted octanol–water partition coefficient (Wildman–Crippen LogP) is 2.75. The van der Waals surface area contributed by atoms with Crippen LogP contribution in [-0.4, -0.2) is 46.2 Å². The molecule has 8 nitrogen and oxygen atoms in total. The first-order valence-corrected chi connectivity index (χ1v) is 8.77. The highest BCUT2D eigenvalue weighted by Gasteiger charge is 2.35. The Hall–Kier alpha value is -1.80. The molecule has 1 aliphatic rings. The molecule has 9 heteroatoms. The third-order valence-electron chi connectivity index (χ3n) is 4.55. The van der Waals surface area contributed by atoms with Crippen molar-refractivity contribution in [1.29, 1.82) is 0 Å². The number of anilines is 1. The summed E-state index contributed by atoms with van der Waals surface area (Å²) in [7, 11) is 0. The van der Waals surface area contributed by atoms with Crippen LogP contribution in [-0.2, 0) is 10.2 Å². The van der Waals surface area contributed by atoms with Crippen molar-refractivity contribution in [1.82, 2.24) is 15.2 Å². The topological polar surface area (TPSA) is 105 Å². The van der Waals surface area contributed by atoms with E-state index in [1.807, 2.05) is 34.6 Å². The van der Waals surface area contributed by atoms with E-state index in [1.165, 1.54) is 10.0 Å². The maximum Gasteiger partial charge on any atom is 0.341 e. The minimum absolute atomic E-state index is 0. The Morgan fingerprint density at radius 1 is 1.35 bits per heavy atom. The molecule has 1 fully saturated rings. The first-order chi connectivity index (χ1) is 11.6. The zero-order valence-electron chi connectivity index (χ0n) is 16.1. The summed E-state index contributed by atoms with van der Waals surface area (Å²) in [6.07, 6.45) is 1.53. The highest BCUT2D eigenvalue weighted by Crippen LogP contribution is 2.25. The number of amides is 3.